The number of nitrogens with zero attached hydrogens (tertiary/aromatic N) is 1. The molecule has 0 fully saturated rings. The molecule has 14 heavy (non-hydrogen) atoms. The van der Waals surface area contributed by atoms with Gasteiger partial charge in [-0.3, -0.25) is 0 Å². The molecular weight excluding hydrogens is 278 g/mol. The van der Waals surface area contributed by atoms with Gasteiger partial charge in [0.1, 0.15) is 10.5 Å². The summed E-state index contributed by atoms with van der Waals surface area (Å²) in [5.74, 6) is 4.47. The summed E-state index contributed by atoms with van der Waals surface area (Å²) < 4.78 is 0. The Hall–Kier alpha value is 2.57. The number of amides is 2. The van der Waals surface area contributed by atoms with Crippen LogP contribution in [0.2, 0.25) is 0 Å². The van der Waals surface area contributed by atoms with Crippen molar-refractivity contribution in [2.24, 2.45) is 5.84 Å². The first-order valence-corrected chi connectivity index (χ1v) is 3.54. The molecule has 0 rings (SSSR count). The van der Waals surface area contributed by atoms with Crippen LogP contribution in [0.1, 0.15) is 0 Å². The van der Waals surface area contributed by atoms with Gasteiger partial charge in [-0.2, -0.15) is 0 Å². The van der Waals surface area contributed by atoms with E-state index in [2.05, 4.69) is 36.5 Å². The summed E-state index contributed by atoms with van der Waals surface area (Å²) in [4.78, 5) is 19.3. The molecule has 0 aliphatic carbocycles. The monoisotopic (exact) mass is 288 g/mol. The molecule has 0 radical (unpaired) electrons. The fraction of sp³-hybridized carbons (Fsp3) is 0.500. The quantitative estimate of drug-likeness (QED) is 0.146. The number of hydrazine groups is 2. The van der Waals surface area contributed by atoms with Gasteiger partial charge in [0.25, 0.3) is 0 Å². The molecule has 10 heteroatoms. The number of nitrogens with two attached hydrogens (primary N) is 1. The Morgan fingerprint density at radius 2 is 1.43 bits per heavy atom. The van der Waals surface area contributed by atoms with Crippen LogP contribution in [0.4, 0.5) is 9.59 Å². The van der Waals surface area contributed by atoms with Crippen molar-refractivity contribution >= 4 is 35.7 Å². The van der Waals surface area contributed by atoms with Gasteiger partial charge in [-0.05, 0) is 0 Å². The minimum atomic E-state index is -0.634. The largest absolute Gasteiger partial charge is 1.00 e. The van der Waals surface area contributed by atoms with E-state index in [4.69, 9.17) is 0 Å². The van der Waals surface area contributed by atoms with Crippen LogP contribution >= 0.6 is 0 Å². The predicted molar refractivity (Wildman–Crippen MR) is 49.7 cm³/mol. The third-order valence-electron chi connectivity index (χ3n) is 0.433. The Kier molecular flexibility index (Phi) is 32.6. The SMILES string of the molecule is CN(C)NC(=O)[S-].NNC(=O)[S-].[K+].[K+]. The summed E-state index contributed by atoms with van der Waals surface area (Å²) in [7, 11) is 3.40. The fourth-order valence-electron chi connectivity index (χ4n) is 0.183. The summed E-state index contributed by atoms with van der Waals surface area (Å²) in [6.07, 6.45) is 0. The molecule has 0 saturated heterocycles. The first kappa shape index (κ1) is 25.4. The van der Waals surface area contributed by atoms with E-state index in [0.717, 1.165) is 0 Å². The zero-order valence-corrected chi connectivity index (χ0v) is 16.5. The standard InChI is InChI=1S/C3H8N2OS.CH4N2OS.2K/c1-5(2)4-3(6)7;2-3-1(4)5;;/h1-2H3,(H2,4,6,7);2H2,(H2,3,4,5);;/q;;2*+1/p-2. The second-order valence-corrected chi connectivity index (χ2v) is 2.47. The van der Waals surface area contributed by atoms with Crippen LogP contribution < -0.4 is 119 Å². The van der Waals surface area contributed by atoms with Crippen LogP contribution in [0.5, 0.6) is 0 Å². The van der Waals surface area contributed by atoms with Crippen molar-refractivity contribution < 1.29 is 112 Å². The second-order valence-electron chi connectivity index (χ2n) is 1.73. The van der Waals surface area contributed by atoms with Gasteiger partial charge in [0, 0.05) is 14.1 Å². The topological polar surface area (TPSA) is 87.5 Å². The van der Waals surface area contributed by atoms with Crippen molar-refractivity contribution in [3.63, 3.8) is 0 Å². The molecule has 0 aromatic rings. The summed E-state index contributed by atoms with van der Waals surface area (Å²) in [6.45, 7) is 0. The molecule has 0 aliphatic heterocycles. The maximum atomic E-state index is 9.92. The smallest absolute Gasteiger partial charge is 0.718 e. The van der Waals surface area contributed by atoms with Gasteiger partial charge in [0.05, 0.1) is 0 Å². The van der Waals surface area contributed by atoms with Gasteiger partial charge >= 0.3 is 103 Å². The zero-order valence-electron chi connectivity index (χ0n) is 8.66. The third-order valence-corrected chi connectivity index (χ3v) is 0.642. The van der Waals surface area contributed by atoms with E-state index >= 15 is 0 Å². The molecule has 0 saturated carbocycles. The van der Waals surface area contributed by atoms with Crippen molar-refractivity contribution in [3.8, 4) is 0 Å². The predicted octanol–water partition coefficient (Wildman–Crippen LogP) is -7.16. The molecule has 0 bridgehead atoms. The number of nitrogens with one attached hydrogen (secondary N) is 2. The minimum absolute atomic E-state index is 0. The maximum Gasteiger partial charge on any atom is 1.00 e. The van der Waals surface area contributed by atoms with Gasteiger partial charge in [0.15, 0.2) is 0 Å². The van der Waals surface area contributed by atoms with Crippen LogP contribution in [-0.2, 0) is 25.3 Å². The molecule has 0 spiro atoms. The summed E-state index contributed by atoms with van der Waals surface area (Å²) >= 11 is 8.07. The van der Waals surface area contributed by atoms with Crippen LogP contribution in [0, 0.1) is 0 Å². The molecule has 0 atom stereocenters. The Balaban J connectivity index is -0.0000000651. The van der Waals surface area contributed by atoms with Crippen LogP contribution in [-0.4, -0.2) is 29.6 Å². The zero-order chi connectivity index (χ0) is 10.1. The molecule has 0 aromatic carbocycles. The Morgan fingerprint density at radius 3 is 1.43 bits per heavy atom. The number of carbonyl (C=O) groups is 2. The first-order chi connectivity index (χ1) is 5.40. The van der Waals surface area contributed by atoms with E-state index in [-0.39, 0.29) is 103 Å². The molecule has 2 amide bonds. The number of hydrogen-bond donors (Lipinski definition) is 3. The summed E-state index contributed by atoms with van der Waals surface area (Å²) in [5, 5.41) is 0.407. The fourth-order valence-corrected chi connectivity index (χ4v) is 0.365. The third kappa shape index (κ3) is 36.5. The van der Waals surface area contributed by atoms with E-state index in [1.54, 1.807) is 19.5 Å². The molecule has 4 N–H and O–H groups in total. The molecule has 0 aliphatic rings. The average molecular weight is 288 g/mol. The van der Waals surface area contributed by atoms with Crippen LogP contribution in [0.15, 0.2) is 0 Å². The van der Waals surface area contributed by atoms with E-state index in [0.29, 0.717) is 0 Å². The Labute approximate surface area is 179 Å². The van der Waals surface area contributed by atoms with E-state index in [9.17, 15) is 9.59 Å². The van der Waals surface area contributed by atoms with Crippen molar-refractivity contribution in [1.82, 2.24) is 15.9 Å². The van der Waals surface area contributed by atoms with E-state index in [1.165, 1.54) is 5.01 Å². The minimum Gasteiger partial charge on any atom is -0.718 e. The normalized spacial score (nSPS) is 6.86. The Morgan fingerprint density at radius 1 is 1.14 bits per heavy atom. The van der Waals surface area contributed by atoms with Crippen LogP contribution in [0.3, 0.4) is 0 Å². The average Bonchev–Trinajstić information content (AvgIpc) is 1.85. The number of rotatable bonds is 1. The summed E-state index contributed by atoms with van der Waals surface area (Å²) in [6, 6.07) is 0. The van der Waals surface area contributed by atoms with Gasteiger partial charge < -0.3 is 45.7 Å². The second kappa shape index (κ2) is 18.0. The molecule has 0 unspecified atom stereocenters. The van der Waals surface area contributed by atoms with Gasteiger partial charge in [-0.15, -0.1) is 0 Å². The van der Waals surface area contributed by atoms with Crippen molar-refractivity contribution in [2.45, 2.75) is 0 Å². The van der Waals surface area contributed by atoms with Crippen LogP contribution in [0.25, 0.3) is 0 Å². The summed E-state index contributed by atoms with van der Waals surface area (Å²) in [5.41, 5.74) is 4.02. The van der Waals surface area contributed by atoms with Gasteiger partial charge in [0.2, 0.25) is 0 Å². The van der Waals surface area contributed by atoms with Crippen molar-refractivity contribution in [2.75, 3.05) is 14.1 Å². The van der Waals surface area contributed by atoms with Crippen molar-refractivity contribution in [3.05, 3.63) is 0 Å². The van der Waals surface area contributed by atoms with Gasteiger partial charge in [-0.1, -0.05) is 0 Å². The Bertz CT molecular complexity index is 160. The molecular formula is C4H10K2N4O2S2. The van der Waals surface area contributed by atoms with Gasteiger partial charge in [-0.25, -0.2) is 10.9 Å². The molecule has 0 aromatic heterocycles. The van der Waals surface area contributed by atoms with Crippen molar-refractivity contribution in [1.29, 1.82) is 0 Å². The number of hydrogen-bond acceptors (Lipinski definition) is 6. The first-order valence-electron chi connectivity index (χ1n) is 2.72. The maximum absolute atomic E-state index is 9.92. The molecule has 72 valence electrons. The number of carbonyl (C=O) groups excluding carboxylic acids is 2. The van der Waals surface area contributed by atoms with E-state index in [1.807, 2.05) is 0 Å². The van der Waals surface area contributed by atoms with E-state index < -0.39 is 10.5 Å². The molecule has 6 nitrogen and oxygen atoms in total. The molecule has 0 heterocycles.